The summed E-state index contributed by atoms with van der Waals surface area (Å²) in [6, 6.07) is 4.00. The van der Waals surface area contributed by atoms with Crippen LogP contribution in [0.2, 0.25) is 10.0 Å². The van der Waals surface area contributed by atoms with Crippen molar-refractivity contribution < 1.29 is 9.72 Å². The maximum absolute atomic E-state index is 11.9. The summed E-state index contributed by atoms with van der Waals surface area (Å²) in [5.41, 5.74) is 0.400. The molecule has 1 N–H and O–H groups in total. The number of hydrogen-bond acceptors (Lipinski definition) is 4. The van der Waals surface area contributed by atoms with E-state index in [2.05, 4.69) is 10.4 Å². The number of aryl methyl sites for hydroxylation is 1. The highest BCUT2D eigenvalue weighted by atomic mass is 35.5. The Bertz CT molecular complexity index is 695. The predicted molar refractivity (Wildman–Crippen MR) is 78.7 cm³/mol. The maximum atomic E-state index is 11.9. The molecule has 21 heavy (non-hydrogen) atoms. The molecule has 7 nitrogen and oxygen atoms in total. The summed E-state index contributed by atoms with van der Waals surface area (Å²) in [7, 11) is 0. The van der Waals surface area contributed by atoms with Gasteiger partial charge >= 0.3 is 0 Å². The number of carbonyl (C=O) groups excluding carboxylic acids is 1. The summed E-state index contributed by atoms with van der Waals surface area (Å²) in [6.45, 7) is 1.61. The Morgan fingerprint density at radius 3 is 2.76 bits per heavy atom. The number of hydrogen-bond donors (Lipinski definition) is 1. The van der Waals surface area contributed by atoms with Gasteiger partial charge < -0.3 is 5.32 Å². The third kappa shape index (κ3) is 3.71. The SMILES string of the molecule is Cc1nn(CC(=O)Nc2ccc(Cl)cc2[N+](=O)[O-])cc1Cl. The van der Waals surface area contributed by atoms with Crippen LogP contribution in [0.15, 0.2) is 24.4 Å². The van der Waals surface area contributed by atoms with Gasteiger partial charge in [-0.15, -0.1) is 0 Å². The van der Waals surface area contributed by atoms with Crippen molar-refractivity contribution in [1.29, 1.82) is 0 Å². The molecular formula is C12H10Cl2N4O3. The first kappa shape index (κ1) is 15.3. The van der Waals surface area contributed by atoms with Gasteiger partial charge in [-0.2, -0.15) is 5.10 Å². The van der Waals surface area contributed by atoms with Crippen LogP contribution in [0.1, 0.15) is 5.69 Å². The van der Waals surface area contributed by atoms with Crippen LogP contribution in [0, 0.1) is 17.0 Å². The zero-order valence-corrected chi connectivity index (χ0v) is 12.4. The molecule has 0 saturated carbocycles. The number of carbonyl (C=O) groups is 1. The van der Waals surface area contributed by atoms with Crippen LogP contribution < -0.4 is 5.32 Å². The summed E-state index contributed by atoms with van der Waals surface area (Å²) >= 11 is 11.5. The Balaban J connectivity index is 2.14. The Morgan fingerprint density at radius 1 is 1.48 bits per heavy atom. The van der Waals surface area contributed by atoms with Gasteiger partial charge in [0, 0.05) is 17.3 Å². The van der Waals surface area contributed by atoms with Gasteiger partial charge in [-0.1, -0.05) is 23.2 Å². The average Bonchev–Trinajstić information content (AvgIpc) is 2.70. The highest BCUT2D eigenvalue weighted by Gasteiger charge is 2.17. The molecule has 1 amide bonds. The smallest absolute Gasteiger partial charge is 0.294 e. The number of halogens is 2. The normalized spacial score (nSPS) is 10.4. The molecule has 0 saturated heterocycles. The van der Waals surface area contributed by atoms with E-state index in [4.69, 9.17) is 23.2 Å². The number of aromatic nitrogens is 2. The summed E-state index contributed by atoms with van der Waals surface area (Å²) in [5.74, 6) is -0.459. The van der Waals surface area contributed by atoms with Crippen LogP contribution in [0.3, 0.4) is 0 Å². The van der Waals surface area contributed by atoms with E-state index in [0.717, 1.165) is 0 Å². The van der Waals surface area contributed by atoms with Crippen LogP contribution in [-0.2, 0) is 11.3 Å². The van der Waals surface area contributed by atoms with Crippen molar-refractivity contribution in [2.45, 2.75) is 13.5 Å². The van der Waals surface area contributed by atoms with Gasteiger partial charge in [0.15, 0.2) is 0 Å². The topological polar surface area (TPSA) is 90.1 Å². The molecule has 1 heterocycles. The van der Waals surface area contributed by atoms with Gasteiger partial charge in [0.05, 0.1) is 15.6 Å². The van der Waals surface area contributed by atoms with Gasteiger partial charge in [-0.05, 0) is 19.1 Å². The number of nitrogens with one attached hydrogen (secondary N) is 1. The van der Waals surface area contributed by atoms with Gasteiger partial charge in [0.1, 0.15) is 12.2 Å². The number of anilines is 1. The minimum atomic E-state index is -0.615. The fourth-order valence-corrected chi connectivity index (χ4v) is 1.99. The largest absolute Gasteiger partial charge is 0.319 e. The molecule has 1 aromatic carbocycles. The van der Waals surface area contributed by atoms with E-state index in [-0.39, 0.29) is 22.9 Å². The standard InChI is InChI=1S/C12H10Cl2N4O3/c1-7-9(14)5-17(16-7)6-12(19)15-10-3-2-8(13)4-11(10)18(20)21/h2-5H,6H2,1H3,(H,15,19). The molecule has 0 aliphatic rings. The number of benzene rings is 1. The molecular weight excluding hydrogens is 319 g/mol. The van der Waals surface area contributed by atoms with Crippen LogP contribution in [0.5, 0.6) is 0 Å². The highest BCUT2D eigenvalue weighted by Crippen LogP contribution is 2.27. The number of rotatable bonds is 4. The Morgan fingerprint density at radius 2 is 2.19 bits per heavy atom. The first-order chi connectivity index (χ1) is 9.86. The highest BCUT2D eigenvalue weighted by molar-refractivity contribution is 6.31. The monoisotopic (exact) mass is 328 g/mol. The van der Waals surface area contributed by atoms with Crippen molar-refractivity contribution in [3.63, 3.8) is 0 Å². The van der Waals surface area contributed by atoms with Crippen LogP contribution >= 0.6 is 23.2 Å². The molecule has 1 aromatic heterocycles. The van der Waals surface area contributed by atoms with Crippen molar-refractivity contribution in [3.05, 3.63) is 50.2 Å². The molecule has 2 aromatic rings. The van der Waals surface area contributed by atoms with E-state index in [1.807, 2.05) is 0 Å². The van der Waals surface area contributed by atoms with E-state index in [1.165, 1.54) is 29.1 Å². The summed E-state index contributed by atoms with van der Waals surface area (Å²) in [4.78, 5) is 22.2. The number of amides is 1. The van der Waals surface area contributed by atoms with Crippen molar-refractivity contribution in [1.82, 2.24) is 9.78 Å². The quantitative estimate of drug-likeness (QED) is 0.689. The lowest BCUT2D eigenvalue weighted by Crippen LogP contribution is -2.19. The van der Waals surface area contributed by atoms with E-state index in [1.54, 1.807) is 6.92 Å². The molecule has 0 spiro atoms. The van der Waals surface area contributed by atoms with Crippen molar-refractivity contribution >= 4 is 40.5 Å². The van der Waals surface area contributed by atoms with Crippen LogP contribution in [0.25, 0.3) is 0 Å². The summed E-state index contributed by atoms with van der Waals surface area (Å²) < 4.78 is 1.36. The molecule has 2 rings (SSSR count). The lowest BCUT2D eigenvalue weighted by molar-refractivity contribution is -0.383. The molecule has 110 valence electrons. The predicted octanol–water partition coefficient (Wildman–Crippen LogP) is 3.05. The summed E-state index contributed by atoms with van der Waals surface area (Å²) in [5, 5.41) is 18.1. The average molecular weight is 329 g/mol. The van der Waals surface area contributed by atoms with Crippen LogP contribution in [0.4, 0.5) is 11.4 Å². The second kappa shape index (κ2) is 6.11. The number of nitrogens with zero attached hydrogens (tertiary/aromatic N) is 3. The first-order valence-electron chi connectivity index (χ1n) is 5.80. The molecule has 0 aliphatic carbocycles. The van der Waals surface area contributed by atoms with Gasteiger partial charge in [0.2, 0.25) is 5.91 Å². The molecule has 0 atom stereocenters. The second-order valence-corrected chi connectivity index (χ2v) is 5.07. The third-order valence-electron chi connectivity index (χ3n) is 2.62. The number of nitro groups is 1. The molecule has 0 unspecified atom stereocenters. The third-order valence-corrected chi connectivity index (χ3v) is 3.23. The minimum Gasteiger partial charge on any atom is -0.319 e. The zero-order valence-electron chi connectivity index (χ0n) is 10.8. The van der Waals surface area contributed by atoms with E-state index < -0.39 is 10.8 Å². The van der Waals surface area contributed by atoms with E-state index in [9.17, 15) is 14.9 Å². The van der Waals surface area contributed by atoms with Crippen LogP contribution in [-0.4, -0.2) is 20.6 Å². The molecule has 0 fully saturated rings. The molecule has 9 heteroatoms. The maximum Gasteiger partial charge on any atom is 0.294 e. The second-order valence-electron chi connectivity index (χ2n) is 4.23. The Kier molecular flexibility index (Phi) is 4.44. The van der Waals surface area contributed by atoms with Gasteiger partial charge in [0.25, 0.3) is 5.69 Å². The zero-order chi connectivity index (χ0) is 15.6. The minimum absolute atomic E-state index is 0.0735. The van der Waals surface area contributed by atoms with Gasteiger partial charge in [-0.25, -0.2) is 0 Å². The lowest BCUT2D eigenvalue weighted by atomic mass is 10.2. The number of nitro benzene ring substituents is 1. The van der Waals surface area contributed by atoms with Crippen molar-refractivity contribution in [2.75, 3.05) is 5.32 Å². The first-order valence-corrected chi connectivity index (χ1v) is 6.56. The fraction of sp³-hybridized carbons (Fsp3) is 0.167. The Labute approximate surface area is 129 Å². The Hall–Kier alpha value is -2.12. The molecule has 0 bridgehead atoms. The van der Waals surface area contributed by atoms with Crippen molar-refractivity contribution in [2.24, 2.45) is 0 Å². The van der Waals surface area contributed by atoms with E-state index in [0.29, 0.717) is 10.7 Å². The molecule has 0 aliphatic heterocycles. The van der Waals surface area contributed by atoms with Gasteiger partial charge in [-0.3, -0.25) is 19.6 Å². The summed E-state index contributed by atoms with van der Waals surface area (Å²) in [6.07, 6.45) is 1.51. The fourth-order valence-electron chi connectivity index (χ4n) is 1.67. The van der Waals surface area contributed by atoms with Crippen molar-refractivity contribution in [3.8, 4) is 0 Å². The molecule has 0 radical (unpaired) electrons. The lowest BCUT2D eigenvalue weighted by Gasteiger charge is -2.06. The van der Waals surface area contributed by atoms with E-state index >= 15 is 0 Å².